The minimum absolute atomic E-state index is 0.0665. The minimum Gasteiger partial charge on any atom is -0.493 e. The number of benzene rings is 2. The van der Waals surface area contributed by atoms with Gasteiger partial charge in [-0.05, 0) is 18.2 Å². The average Bonchev–Trinajstić information content (AvgIpc) is 2.67. The van der Waals surface area contributed by atoms with Gasteiger partial charge in [-0.1, -0.05) is 11.6 Å². The lowest BCUT2D eigenvalue weighted by atomic mass is 10.2. The van der Waals surface area contributed by atoms with Gasteiger partial charge in [-0.25, -0.2) is 5.43 Å². The maximum Gasteiger partial charge on any atom is 0.277 e. The van der Waals surface area contributed by atoms with E-state index in [4.69, 9.17) is 25.8 Å². The molecule has 0 aliphatic carbocycles. The Bertz CT molecular complexity index is 854. The Hall–Kier alpha value is -3.33. The van der Waals surface area contributed by atoms with Gasteiger partial charge >= 0.3 is 0 Å². The van der Waals surface area contributed by atoms with Crippen LogP contribution in [0.25, 0.3) is 0 Å². The first kappa shape index (κ1) is 20.0. The van der Waals surface area contributed by atoms with Crippen molar-refractivity contribution < 1.29 is 23.9 Å². The van der Waals surface area contributed by atoms with E-state index in [0.717, 1.165) is 0 Å². The predicted octanol–water partition coefficient (Wildman–Crippen LogP) is 2.79. The van der Waals surface area contributed by atoms with Gasteiger partial charge in [0.1, 0.15) is 5.75 Å². The van der Waals surface area contributed by atoms with Gasteiger partial charge in [0.15, 0.2) is 18.1 Å². The van der Waals surface area contributed by atoms with E-state index in [2.05, 4.69) is 10.5 Å². The number of nitro benzene ring substituents is 1. The molecule has 2 rings (SSSR count). The highest BCUT2D eigenvalue weighted by Crippen LogP contribution is 2.32. The molecule has 0 aromatic heterocycles. The molecule has 2 aromatic rings. The van der Waals surface area contributed by atoms with Gasteiger partial charge in [0.25, 0.3) is 11.6 Å². The molecule has 0 radical (unpaired) electrons. The normalized spacial score (nSPS) is 10.5. The molecule has 0 atom stereocenters. The Balaban J connectivity index is 1.90. The van der Waals surface area contributed by atoms with E-state index in [9.17, 15) is 14.9 Å². The first-order valence-corrected chi connectivity index (χ1v) is 7.93. The standard InChI is InChI=1S/C17H16ClN3O6/c1-25-15-7-11(14(18)8-16(15)26-2)9-19-20-17(22)10-27-13-5-3-12(4-6-13)21(23)24/h3-9H,10H2,1-2H3,(H,20,22)/b19-9+. The highest BCUT2D eigenvalue weighted by atomic mass is 35.5. The number of hydrogen-bond acceptors (Lipinski definition) is 7. The van der Waals surface area contributed by atoms with E-state index in [1.165, 1.54) is 44.7 Å². The molecule has 0 bridgehead atoms. The maximum atomic E-state index is 11.8. The third-order valence-electron chi connectivity index (χ3n) is 3.31. The molecule has 142 valence electrons. The quantitative estimate of drug-likeness (QED) is 0.419. The van der Waals surface area contributed by atoms with Crippen molar-refractivity contribution in [1.82, 2.24) is 5.43 Å². The summed E-state index contributed by atoms with van der Waals surface area (Å²) in [4.78, 5) is 21.8. The van der Waals surface area contributed by atoms with E-state index in [1.54, 1.807) is 12.1 Å². The fourth-order valence-electron chi connectivity index (χ4n) is 1.99. The SMILES string of the molecule is COc1cc(Cl)c(/C=N/NC(=O)COc2ccc([N+](=O)[O-])cc2)cc1OC. The van der Waals surface area contributed by atoms with E-state index in [-0.39, 0.29) is 12.3 Å². The number of non-ortho nitro benzene ring substituents is 1. The van der Waals surface area contributed by atoms with Crippen molar-refractivity contribution in [3.05, 3.63) is 57.1 Å². The first-order valence-electron chi connectivity index (χ1n) is 7.55. The van der Waals surface area contributed by atoms with Crippen LogP contribution < -0.4 is 19.6 Å². The van der Waals surface area contributed by atoms with Crippen molar-refractivity contribution in [3.63, 3.8) is 0 Å². The van der Waals surface area contributed by atoms with Crippen LogP contribution in [-0.4, -0.2) is 37.9 Å². The lowest BCUT2D eigenvalue weighted by molar-refractivity contribution is -0.384. The second-order valence-corrected chi connectivity index (χ2v) is 5.47. The van der Waals surface area contributed by atoms with E-state index < -0.39 is 10.8 Å². The van der Waals surface area contributed by atoms with Crippen LogP contribution in [0.4, 0.5) is 5.69 Å². The fraction of sp³-hybridized carbons (Fsp3) is 0.176. The predicted molar refractivity (Wildman–Crippen MR) is 98.9 cm³/mol. The minimum atomic E-state index is -0.523. The van der Waals surface area contributed by atoms with E-state index >= 15 is 0 Å². The summed E-state index contributed by atoms with van der Waals surface area (Å²) in [5.41, 5.74) is 2.74. The summed E-state index contributed by atoms with van der Waals surface area (Å²) in [6.45, 7) is -0.311. The number of nitro groups is 1. The highest BCUT2D eigenvalue weighted by molar-refractivity contribution is 6.33. The molecule has 0 saturated heterocycles. The smallest absolute Gasteiger partial charge is 0.277 e. The number of carbonyl (C=O) groups excluding carboxylic acids is 1. The number of halogens is 1. The van der Waals surface area contributed by atoms with E-state index in [1.807, 2.05) is 0 Å². The summed E-state index contributed by atoms with van der Waals surface area (Å²) < 4.78 is 15.5. The Labute approximate surface area is 159 Å². The summed E-state index contributed by atoms with van der Waals surface area (Å²) >= 11 is 6.12. The number of rotatable bonds is 8. The van der Waals surface area contributed by atoms with Crippen molar-refractivity contribution in [2.75, 3.05) is 20.8 Å². The molecule has 0 unspecified atom stereocenters. The molecule has 2 aromatic carbocycles. The van der Waals surface area contributed by atoms with Crippen molar-refractivity contribution in [3.8, 4) is 17.2 Å². The molecule has 0 fully saturated rings. The van der Waals surface area contributed by atoms with Crippen LogP contribution in [0, 0.1) is 10.1 Å². The van der Waals surface area contributed by atoms with Crippen LogP contribution in [0.1, 0.15) is 5.56 Å². The molecule has 9 nitrogen and oxygen atoms in total. The lowest BCUT2D eigenvalue weighted by Gasteiger charge is -2.09. The monoisotopic (exact) mass is 393 g/mol. The van der Waals surface area contributed by atoms with Gasteiger partial charge in [-0.15, -0.1) is 0 Å². The number of nitrogens with one attached hydrogen (secondary N) is 1. The molecule has 0 saturated carbocycles. The van der Waals surface area contributed by atoms with Crippen LogP contribution in [0.15, 0.2) is 41.5 Å². The highest BCUT2D eigenvalue weighted by Gasteiger charge is 2.09. The molecule has 0 heterocycles. The third-order valence-corrected chi connectivity index (χ3v) is 3.64. The molecular formula is C17H16ClN3O6. The molecule has 27 heavy (non-hydrogen) atoms. The topological polar surface area (TPSA) is 112 Å². The molecule has 10 heteroatoms. The van der Waals surface area contributed by atoms with Crippen molar-refractivity contribution in [1.29, 1.82) is 0 Å². The molecule has 1 amide bonds. The number of ether oxygens (including phenoxy) is 3. The summed E-state index contributed by atoms with van der Waals surface area (Å²) in [6.07, 6.45) is 1.36. The number of hydrazone groups is 1. The van der Waals surface area contributed by atoms with Crippen LogP contribution in [0.3, 0.4) is 0 Å². The van der Waals surface area contributed by atoms with Crippen LogP contribution in [0.2, 0.25) is 5.02 Å². The number of carbonyl (C=O) groups is 1. The Morgan fingerprint density at radius 2 is 1.85 bits per heavy atom. The molecular weight excluding hydrogens is 378 g/mol. The second kappa shape index (κ2) is 9.39. The zero-order chi connectivity index (χ0) is 19.8. The second-order valence-electron chi connectivity index (χ2n) is 5.06. The van der Waals surface area contributed by atoms with Crippen molar-refractivity contribution in [2.24, 2.45) is 5.10 Å². The zero-order valence-electron chi connectivity index (χ0n) is 14.5. The molecule has 0 aliphatic heterocycles. The van der Waals surface area contributed by atoms with Gasteiger partial charge in [-0.2, -0.15) is 5.10 Å². The van der Waals surface area contributed by atoms with Crippen LogP contribution in [-0.2, 0) is 4.79 Å². The maximum absolute atomic E-state index is 11.8. The number of amides is 1. The Morgan fingerprint density at radius 3 is 2.44 bits per heavy atom. The number of nitrogens with zero attached hydrogens (tertiary/aromatic N) is 2. The van der Waals surface area contributed by atoms with Crippen LogP contribution in [0.5, 0.6) is 17.2 Å². The number of hydrogen-bond donors (Lipinski definition) is 1. The Morgan fingerprint density at radius 1 is 1.22 bits per heavy atom. The fourth-order valence-corrected chi connectivity index (χ4v) is 2.19. The van der Waals surface area contributed by atoms with Gasteiger partial charge in [0.05, 0.1) is 30.4 Å². The van der Waals surface area contributed by atoms with Crippen molar-refractivity contribution >= 4 is 29.4 Å². The Kier molecular flexibility index (Phi) is 6.95. The molecule has 0 aliphatic rings. The molecule has 0 spiro atoms. The summed E-state index contributed by atoms with van der Waals surface area (Å²) in [6, 6.07) is 8.55. The van der Waals surface area contributed by atoms with Gasteiger partial charge in [0, 0.05) is 23.8 Å². The zero-order valence-corrected chi connectivity index (χ0v) is 15.2. The van der Waals surface area contributed by atoms with Gasteiger partial charge in [-0.3, -0.25) is 14.9 Å². The van der Waals surface area contributed by atoms with Gasteiger partial charge in [0.2, 0.25) is 0 Å². The number of methoxy groups -OCH3 is 2. The van der Waals surface area contributed by atoms with Crippen molar-refractivity contribution in [2.45, 2.75) is 0 Å². The largest absolute Gasteiger partial charge is 0.493 e. The first-order chi connectivity index (χ1) is 12.9. The van der Waals surface area contributed by atoms with Crippen LogP contribution >= 0.6 is 11.6 Å². The average molecular weight is 394 g/mol. The molecule has 1 N–H and O–H groups in total. The van der Waals surface area contributed by atoms with E-state index in [0.29, 0.717) is 27.8 Å². The summed E-state index contributed by atoms with van der Waals surface area (Å²) in [7, 11) is 2.98. The summed E-state index contributed by atoms with van der Waals surface area (Å²) in [5.74, 6) is 0.750. The van der Waals surface area contributed by atoms with Gasteiger partial charge < -0.3 is 14.2 Å². The third kappa shape index (κ3) is 5.58. The lowest BCUT2D eigenvalue weighted by Crippen LogP contribution is -2.24. The summed E-state index contributed by atoms with van der Waals surface area (Å²) in [5, 5.41) is 14.8.